The lowest BCUT2D eigenvalue weighted by Gasteiger charge is -2.06. The molecule has 1 heterocycles. The fourth-order valence-corrected chi connectivity index (χ4v) is 0.946. The zero-order chi connectivity index (χ0) is 9.84. The first-order chi connectivity index (χ1) is 6.19. The van der Waals surface area contributed by atoms with Crippen LogP contribution < -0.4 is 0 Å². The highest BCUT2D eigenvalue weighted by atomic mass is 19.1. The van der Waals surface area contributed by atoms with Crippen molar-refractivity contribution in [1.82, 2.24) is 4.98 Å². The van der Waals surface area contributed by atoms with E-state index in [9.17, 15) is 4.39 Å². The van der Waals surface area contributed by atoms with Gasteiger partial charge in [-0.1, -0.05) is 13.2 Å². The molecule has 3 heteroatoms. The highest BCUT2D eigenvalue weighted by molar-refractivity contribution is 5.66. The summed E-state index contributed by atoms with van der Waals surface area (Å²) in [7, 11) is 1.47. The van der Waals surface area contributed by atoms with Crippen molar-refractivity contribution in [2.75, 3.05) is 7.11 Å². The summed E-state index contributed by atoms with van der Waals surface area (Å²) < 4.78 is 17.7. The number of hydrogen-bond acceptors (Lipinski definition) is 2. The van der Waals surface area contributed by atoms with E-state index >= 15 is 0 Å². The number of halogens is 1. The van der Waals surface area contributed by atoms with Crippen molar-refractivity contribution < 1.29 is 9.13 Å². The van der Waals surface area contributed by atoms with Gasteiger partial charge in [-0.25, -0.2) is 4.39 Å². The Morgan fingerprint density at radius 3 is 2.92 bits per heavy atom. The summed E-state index contributed by atoms with van der Waals surface area (Å²) in [5, 5.41) is 0. The summed E-state index contributed by atoms with van der Waals surface area (Å²) in [5.74, 6) is -0.0410. The quantitative estimate of drug-likeness (QED) is 0.665. The monoisotopic (exact) mass is 179 g/mol. The Morgan fingerprint density at radius 2 is 2.38 bits per heavy atom. The minimum absolute atomic E-state index is 0.377. The van der Waals surface area contributed by atoms with E-state index in [-0.39, 0.29) is 0 Å². The van der Waals surface area contributed by atoms with Gasteiger partial charge < -0.3 is 4.74 Å². The number of rotatable bonds is 3. The molecule has 68 valence electrons. The zero-order valence-electron chi connectivity index (χ0n) is 7.38. The van der Waals surface area contributed by atoms with E-state index < -0.39 is 5.82 Å². The van der Waals surface area contributed by atoms with Gasteiger partial charge in [0.15, 0.2) is 0 Å². The summed E-state index contributed by atoms with van der Waals surface area (Å²) in [4.78, 5) is 3.83. The molecule has 1 rings (SSSR count). The standard InChI is InChI=1S/C10H10FNO/c1-4-10-9(7(2)13-3)5-8(11)6-12-10/h4-6H,1-2H2,3H3. The minimum atomic E-state index is -0.418. The number of hydrogen-bond donors (Lipinski definition) is 0. The number of ether oxygens (including phenoxy) is 1. The average molecular weight is 179 g/mol. The molecule has 1 aromatic heterocycles. The Balaban J connectivity index is 3.23. The average Bonchev–Trinajstić information content (AvgIpc) is 2.16. The van der Waals surface area contributed by atoms with Crippen LogP contribution in [0.3, 0.4) is 0 Å². The van der Waals surface area contributed by atoms with Crippen LogP contribution in [0.2, 0.25) is 0 Å². The lowest BCUT2D eigenvalue weighted by atomic mass is 10.1. The molecule has 0 aliphatic carbocycles. The van der Waals surface area contributed by atoms with Gasteiger partial charge in [0.2, 0.25) is 0 Å². The van der Waals surface area contributed by atoms with E-state index in [1.54, 1.807) is 0 Å². The summed E-state index contributed by atoms with van der Waals surface area (Å²) in [6.07, 6.45) is 2.66. The lowest BCUT2D eigenvalue weighted by molar-refractivity contribution is 0.371. The summed E-state index contributed by atoms with van der Waals surface area (Å²) in [5.41, 5.74) is 1.09. The molecule has 0 bridgehead atoms. The third kappa shape index (κ3) is 1.93. The fraction of sp³-hybridized carbons (Fsp3) is 0.100. The Hall–Kier alpha value is -1.64. The van der Waals surface area contributed by atoms with Crippen LogP contribution >= 0.6 is 0 Å². The Bertz CT molecular complexity index is 347. The van der Waals surface area contributed by atoms with Crippen molar-refractivity contribution in [3.05, 3.63) is 42.5 Å². The third-order valence-electron chi connectivity index (χ3n) is 1.63. The van der Waals surface area contributed by atoms with Crippen LogP contribution in [0.15, 0.2) is 25.4 Å². The molecular weight excluding hydrogens is 169 g/mol. The maximum absolute atomic E-state index is 12.8. The Morgan fingerprint density at radius 1 is 1.69 bits per heavy atom. The van der Waals surface area contributed by atoms with Gasteiger partial charge in [0.05, 0.1) is 19.0 Å². The number of methoxy groups -OCH3 is 1. The molecule has 0 aromatic carbocycles. The van der Waals surface area contributed by atoms with E-state index in [1.165, 1.54) is 19.3 Å². The van der Waals surface area contributed by atoms with Gasteiger partial charge >= 0.3 is 0 Å². The van der Waals surface area contributed by atoms with Crippen LogP contribution in [0.5, 0.6) is 0 Å². The van der Waals surface area contributed by atoms with Gasteiger partial charge in [0.1, 0.15) is 11.6 Å². The molecule has 0 atom stereocenters. The van der Waals surface area contributed by atoms with Crippen LogP contribution in [0.1, 0.15) is 11.3 Å². The second-order valence-corrected chi connectivity index (χ2v) is 2.42. The summed E-state index contributed by atoms with van der Waals surface area (Å²) >= 11 is 0. The van der Waals surface area contributed by atoms with Crippen LogP contribution in [0.25, 0.3) is 11.8 Å². The third-order valence-corrected chi connectivity index (χ3v) is 1.63. The highest BCUT2D eigenvalue weighted by Crippen LogP contribution is 2.18. The number of pyridine rings is 1. The first-order valence-electron chi connectivity index (χ1n) is 3.70. The number of aromatic nitrogens is 1. The number of nitrogens with zero attached hydrogens (tertiary/aromatic N) is 1. The van der Waals surface area contributed by atoms with Gasteiger partial charge in [0, 0.05) is 5.56 Å². The lowest BCUT2D eigenvalue weighted by Crippen LogP contribution is -1.94. The second kappa shape index (κ2) is 3.85. The Labute approximate surface area is 76.4 Å². The second-order valence-electron chi connectivity index (χ2n) is 2.42. The maximum Gasteiger partial charge on any atom is 0.142 e. The predicted octanol–water partition coefficient (Wildman–Crippen LogP) is 2.48. The van der Waals surface area contributed by atoms with Crippen molar-refractivity contribution in [2.45, 2.75) is 0 Å². The van der Waals surface area contributed by atoms with Gasteiger partial charge in [-0.15, -0.1) is 0 Å². The molecule has 0 saturated carbocycles. The fourth-order valence-electron chi connectivity index (χ4n) is 0.946. The van der Waals surface area contributed by atoms with Crippen molar-refractivity contribution in [2.24, 2.45) is 0 Å². The van der Waals surface area contributed by atoms with Crippen LogP contribution in [-0.2, 0) is 4.74 Å². The van der Waals surface area contributed by atoms with Crippen molar-refractivity contribution >= 4 is 11.8 Å². The molecule has 0 aliphatic heterocycles. The van der Waals surface area contributed by atoms with Crippen molar-refractivity contribution in [3.8, 4) is 0 Å². The van der Waals surface area contributed by atoms with Crippen molar-refractivity contribution in [1.29, 1.82) is 0 Å². The molecule has 0 radical (unpaired) electrons. The summed E-state index contributed by atoms with van der Waals surface area (Å²) in [6, 6.07) is 1.32. The smallest absolute Gasteiger partial charge is 0.142 e. The topological polar surface area (TPSA) is 22.1 Å². The summed E-state index contributed by atoms with van der Waals surface area (Å²) in [6.45, 7) is 7.17. The molecule has 0 amide bonds. The molecule has 0 spiro atoms. The minimum Gasteiger partial charge on any atom is -0.497 e. The van der Waals surface area contributed by atoms with E-state index in [2.05, 4.69) is 18.1 Å². The van der Waals surface area contributed by atoms with E-state index in [0.29, 0.717) is 17.0 Å². The molecule has 2 nitrogen and oxygen atoms in total. The molecule has 0 saturated heterocycles. The van der Waals surface area contributed by atoms with Crippen LogP contribution in [-0.4, -0.2) is 12.1 Å². The van der Waals surface area contributed by atoms with Crippen molar-refractivity contribution in [3.63, 3.8) is 0 Å². The van der Waals surface area contributed by atoms with Gasteiger partial charge in [-0.3, -0.25) is 4.98 Å². The molecule has 0 N–H and O–H groups in total. The van der Waals surface area contributed by atoms with Crippen LogP contribution in [0.4, 0.5) is 4.39 Å². The molecule has 13 heavy (non-hydrogen) atoms. The van der Waals surface area contributed by atoms with Gasteiger partial charge in [0.25, 0.3) is 0 Å². The molecule has 0 fully saturated rings. The predicted molar refractivity (Wildman–Crippen MR) is 50.3 cm³/mol. The van der Waals surface area contributed by atoms with E-state index in [1.807, 2.05) is 0 Å². The normalized spacial score (nSPS) is 9.38. The zero-order valence-corrected chi connectivity index (χ0v) is 7.38. The van der Waals surface area contributed by atoms with E-state index in [4.69, 9.17) is 4.74 Å². The molecule has 0 unspecified atom stereocenters. The maximum atomic E-state index is 12.8. The SMILES string of the molecule is C=Cc1ncc(F)cc1C(=C)OC. The van der Waals surface area contributed by atoms with E-state index in [0.717, 1.165) is 6.20 Å². The molecule has 0 aliphatic rings. The first kappa shape index (κ1) is 9.45. The van der Waals surface area contributed by atoms with Crippen LogP contribution in [0, 0.1) is 5.82 Å². The first-order valence-corrected chi connectivity index (χ1v) is 3.70. The Kier molecular flexibility index (Phi) is 2.80. The van der Waals surface area contributed by atoms with Gasteiger partial charge in [-0.2, -0.15) is 0 Å². The molecular formula is C10H10FNO. The highest BCUT2D eigenvalue weighted by Gasteiger charge is 2.06. The van der Waals surface area contributed by atoms with Gasteiger partial charge in [-0.05, 0) is 12.1 Å². The molecule has 1 aromatic rings. The largest absolute Gasteiger partial charge is 0.497 e.